The van der Waals surface area contributed by atoms with Gasteiger partial charge in [-0.1, -0.05) is 0 Å². The van der Waals surface area contributed by atoms with Crippen LogP contribution in [0.1, 0.15) is 19.3 Å². The summed E-state index contributed by atoms with van der Waals surface area (Å²) in [5, 5.41) is 2.06. The molecule has 0 aromatic heterocycles. The number of urea groups is 1. The average molecular weight is 260 g/mol. The molecule has 94 valence electrons. The molecule has 2 saturated heterocycles. The Hall–Kier alpha value is -1.44. The maximum Gasteiger partial charge on any atom is 0.331 e. The maximum absolute atomic E-state index is 11.6. The molecule has 1 N–H and O–H groups in total. The van der Waals surface area contributed by atoms with Gasteiger partial charge in [-0.2, -0.15) is 0 Å². The molecule has 0 aromatic rings. The number of carbonyl (C=O) groups is 3. The van der Waals surface area contributed by atoms with E-state index in [0.717, 1.165) is 4.90 Å². The molecule has 0 spiro atoms. The number of amides is 4. The van der Waals surface area contributed by atoms with Crippen LogP contribution in [-0.4, -0.2) is 48.7 Å². The number of carbonyl (C=O) groups excluding carboxylic acids is 3. The number of sulfone groups is 1. The van der Waals surface area contributed by atoms with Crippen molar-refractivity contribution in [2.45, 2.75) is 25.3 Å². The van der Waals surface area contributed by atoms with Crippen LogP contribution in [0.3, 0.4) is 0 Å². The number of rotatable bonds is 1. The first-order valence-electron chi connectivity index (χ1n) is 5.25. The molecule has 0 bridgehead atoms. The number of hydrogen-bond donors (Lipinski definition) is 1. The number of nitrogens with zero attached hydrogens (tertiary/aromatic N) is 1. The third kappa shape index (κ3) is 2.46. The predicted octanol–water partition coefficient (Wildman–Crippen LogP) is -0.968. The fourth-order valence-electron chi connectivity index (χ4n) is 2.06. The Labute approximate surface area is 98.1 Å². The molecule has 0 unspecified atom stereocenters. The summed E-state index contributed by atoms with van der Waals surface area (Å²) in [5.41, 5.74) is 0. The summed E-state index contributed by atoms with van der Waals surface area (Å²) >= 11 is 0. The summed E-state index contributed by atoms with van der Waals surface area (Å²) in [6.45, 7) is 0. The van der Waals surface area contributed by atoms with E-state index in [-0.39, 0.29) is 30.8 Å². The van der Waals surface area contributed by atoms with Gasteiger partial charge >= 0.3 is 6.03 Å². The zero-order chi connectivity index (χ0) is 12.6. The van der Waals surface area contributed by atoms with Crippen molar-refractivity contribution in [2.75, 3.05) is 11.5 Å². The monoisotopic (exact) mass is 260 g/mol. The minimum Gasteiger partial charge on any atom is -0.277 e. The SMILES string of the molecule is O=C1CC(=O)N(C2CCS(=O)(=O)CC2)C(=O)N1. The van der Waals surface area contributed by atoms with E-state index in [1.807, 2.05) is 0 Å². The molecule has 0 aromatic carbocycles. The maximum atomic E-state index is 11.6. The van der Waals surface area contributed by atoms with E-state index in [9.17, 15) is 22.8 Å². The molecule has 2 aliphatic rings. The molecule has 2 rings (SSSR count). The molecule has 2 fully saturated rings. The summed E-state index contributed by atoms with van der Waals surface area (Å²) in [6, 6.07) is -1.16. The summed E-state index contributed by atoms with van der Waals surface area (Å²) in [5.74, 6) is -1.21. The van der Waals surface area contributed by atoms with Gasteiger partial charge in [0.1, 0.15) is 16.3 Å². The second-order valence-corrected chi connectivity index (χ2v) is 6.48. The van der Waals surface area contributed by atoms with Crippen LogP contribution in [0.25, 0.3) is 0 Å². The normalized spacial score (nSPS) is 25.9. The van der Waals surface area contributed by atoms with Gasteiger partial charge in [0.25, 0.3) is 0 Å². The summed E-state index contributed by atoms with van der Waals surface area (Å²) < 4.78 is 22.5. The summed E-state index contributed by atoms with van der Waals surface area (Å²) in [7, 11) is -3.04. The van der Waals surface area contributed by atoms with Crippen molar-refractivity contribution >= 4 is 27.7 Å². The molecule has 17 heavy (non-hydrogen) atoms. The fraction of sp³-hybridized carbons (Fsp3) is 0.667. The second kappa shape index (κ2) is 4.10. The second-order valence-electron chi connectivity index (χ2n) is 4.18. The lowest BCUT2D eigenvalue weighted by molar-refractivity contribution is -0.137. The standard InChI is InChI=1S/C9H12N2O5S/c12-7-5-8(13)11(9(14)10-7)6-1-3-17(15,16)4-2-6/h6H,1-5H2,(H,10,12,14). The lowest BCUT2D eigenvalue weighted by Crippen LogP contribution is -2.57. The molecule has 0 atom stereocenters. The van der Waals surface area contributed by atoms with Crippen LogP contribution in [0.4, 0.5) is 4.79 Å². The van der Waals surface area contributed by atoms with Crippen LogP contribution < -0.4 is 5.32 Å². The van der Waals surface area contributed by atoms with Crippen LogP contribution in [0.15, 0.2) is 0 Å². The van der Waals surface area contributed by atoms with Crippen molar-refractivity contribution in [1.82, 2.24) is 10.2 Å². The van der Waals surface area contributed by atoms with Crippen molar-refractivity contribution in [1.29, 1.82) is 0 Å². The van der Waals surface area contributed by atoms with Crippen molar-refractivity contribution in [3.63, 3.8) is 0 Å². The average Bonchev–Trinajstić information content (AvgIpc) is 2.19. The van der Waals surface area contributed by atoms with Crippen LogP contribution in [-0.2, 0) is 19.4 Å². The van der Waals surface area contributed by atoms with Crippen LogP contribution >= 0.6 is 0 Å². The Kier molecular flexibility index (Phi) is 2.90. The van der Waals surface area contributed by atoms with E-state index in [0.29, 0.717) is 0 Å². The third-order valence-corrected chi connectivity index (χ3v) is 4.65. The number of nitrogens with one attached hydrogen (secondary N) is 1. The Bertz CT molecular complexity index is 450. The third-order valence-electron chi connectivity index (χ3n) is 2.93. The minimum absolute atomic E-state index is 0.0251. The molecule has 2 heterocycles. The number of hydrogen-bond acceptors (Lipinski definition) is 5. The molecular weight excluding hydrogens is 248 g/mol. The van der Waals surface area contributed by atoms with E-state index < -0.39 is 33.7 Å². The van der Waals surface area contributed by atoms with Crippen LogP contribution in [0.2, 0.25) is 0 Å². The highest BCUT2D eigenvalue weighted by Crippen LogP contribution is 2.20. The topological polar surface area (TPSA) is 101 Å². The van der Waals surface area contributed by atoms with Gasteiger partial charge < -0.3 is 0 Å². The molecule has 4 amide bonds. The zero-order valence-electron chi connectivity index (χ0n) is 9.01. The Morgan fingerprint density at radius 2 is 1.71 bits per heavy atom. The van der Waals surface area contributed by atoms with E-state index in [1.165, 1.54) is 0 Å². The van der Waals surface area contributed by atoms with E-state index in [1.54, 1.807) is 0 Å². The summed E-state index contributed by atoms with van der Waals surface area (Å²) in [6.07, 6.45) is 0.139. The van der Waals surface area contributed by atoms with Gasteiger partial charge in [-0.15, -0.1) is 0 Å². The van der Waals surface area contributed by atoms with Gasteiger partial charge in [0.2, 0.25) is 11.8 Å². The van der Waals surface area contributed by atoms with Gasteiger partial charge in [-0.3, -0.25) is 19.8 Å². The van der Waals surface area contributed by atoms with Crippen molar-refractivity contribution < 1.29 is 22.8 Å². The highest BCUT2D eigenvalue weighted by atomic mass is 32.2. The number of barbiturate groups is 1. The predicted molar refractivity (Wildman–Crippen MR) is 56.7 cm³/mol. The highest BCUT2D eigenvalue weighted by Gasteiger charge is 2.38. The Morgan fingerprint density at radius 3 is 2.24 bits per heavy atom. The van der Waals surface area contributed by atoms with Gasteiger partial charge in [0.05, 0.1) is 11.5 Å². The minimum atomic E-state index is -3.04. The Morgan fingerprint density at radius 1 is 1.12 bits per heavy atom. The summed E-state index contributed by atoms with van der Waals surface area (Å²) in [4.78, 5) is 35.0. The molecule has 0 radical (unpaired) electrons. The van der Waals surface area contributed by atoms with Gasteiger partial charge in [-0.25, -0.2) is 13.2 Å². The van der Waals surface area contributed by atoms with E-state index in [4.69, 9.17) is 0 Å². The molecule has 0 saturated carbocycles. The molecule has 8 heteroatoms. The lowest BCUT2D eigenvalue weighted by atomic mass is 10.1. The molecule has 0 aliphatic carbocycles. The van der Waals surface area contributed by atoms with Gasteiger partial charge in [-0.05, 0) is 12.8 Å². The van der Waals surface area contributed by atoms with Crippen LogP contribution in [0.5, 0.6) is 0 Å². The quantitative estimate of drug-likeness (QED) is 0.611. The van der Waals surface area contributed by atoms with Gasteiger partial charge in [0.15, 0.2) is 0 Å². The first-order chi connectivity index (χ1) is 7.89. The Balaban J connectivity index is 2.10. The fourth-order valence-corrected chi connectivity index (χ4v) is 3.53. The molecule has 2 aliphatic heterocycles. The molecular formula is C9H12N2O5S. The smallest absolute Gasteiger partial charge is 0.277 e. The number of imide groups is 2. The van der Waals surface area contributed by atoms with Crippen molar-refractivity contribution in [3.8, 4) is 0 Å². The largest absolute Gasteiger partial charge is 0.331 e. The van der Waals surface area contributed by atoms with Gasteiger partial charge in [0, 0.05) is 6.04 Å². The van der Waals surface area contributed by atoms with E-state index in [2.05, 4.69) is 5.32 Å². The zero-order valence-corrected chi connectivity index (χ0v) is 9.83. The van der Waals surface area contributed by atoms with Crippen LogP contribution in [0, 0.1) is 0 Å². The highest BCUT2D eigenvalue weighted by molar-refractivity contribution is 7.91. The van der Waals surface area contributed by atoms with Crippen molar-refractivity contribution in [3.05, 3.63) is 0 Å². The van der Waals surface area contributed by atoms with Crippen molar-refractivity contribution in [2.24, 2.45) is 0 Å². The van der Waals surface area contributed by atoms with E-state index >= 15 is 0 Å². The first kappa shape index (κ1) is 12.0. The lowest BCUT2D eigenvalue weighted by Gasteiger charge is -2.34. The first-order valence-corrected chi connectivity index (χ1v) is 7.07. The molecule has 7 nitrogen and oxygen atoms in total.